The van der Waals surface area contributed by atoms with Gasteiger partial charge in [0, 0.05) is 0 Å². The Morgan fingerprint density at radius 3 is 2.14 bits per heavy atom. The Hall–Kier alpha value is -0.160. The molecule has 0 saturated heterocycles. The summed E-state index contributed by atoms with van der Waals surface area (Å²) in [4.78, 5) is 0. The topological polar surface area (TPSA) is 17.8 Å². The van der Waals surface area contributed by atoms with E-state index < -0.39 is 6.43 Å². The summed E-state index contributed by atoms with van der Waals surface area (Å²) in [5.74, 6) is 0. The lowest BCUT2D eigenvalue weighted by atomic mass is 10.1. The van der Waals surface area contributed by atoms with E-state index in [9.17, 15) is 8.78 Å². The van der Waals surface area contributed by atoms with Crippen molar-refractivity contribution in [1.82, 2.24) is 9.78 Å². The second-order valence-electron chi connectivity index (χ2n) is 3.87. The van der Waals surface area contributed by atoms with Crippen molar-refractivity contribution in [2.45, 2.75) is 32.7 Å². The van der Waals surface area contributed by atoms with Crippen molar-refractivity contribution in [2.24, 2.45) is 0 Å². The molecule has 0 bridgehead atoms. The molecule has 80 valence electrons. The molecule has 0 atom stereocenters. The zero-order chi connectivity index (χ0) is 11.1. The number of hydrogen-bond acceptors (Lipinski definition) is 1. The second-order valence-corrected chi connectivity index (χ2v) is 5.00. The van der Waals surface area contributed by atoms with Crippen LogP contribution in [0.3, 0.4) is 0 Å². The molecular formula is C8H10BrClF2N2. The molecule has 0 spiro atoms. The predicted molar refractivity (Wildman–Crippen MR) is 54.9 cm³/mol. The fourth-order valence-electron chi connectivity index (χ4n) is 0.978. The summed E-state index contributed by atoms with van der Waals surface area (Å²) >= 11 is 8.85. The molecule has 0 radical (unpaired) electrons. The number of rotatable bonds is 1. The van der Waals surface area contributed by atoms with Crippen molar-refractivity contribution in [1.29, 1.82) is 0 Å². The smallest absolute Gasteiger partial charge is 0.251 e. The van der Waals surface area contributed by atoms with E-state index in [4.69, 9.17) is 11.6 Å². The number of alkyl halides is 2. The van der Waals surface area contributed by atoms with E-state index in [1.54, 1.807) is 0 Å². The van der Waals surface area contributed by atoms with Crippen molar-refractivity contribution < 1.29 is 8.78 Å². The van der Waals surface area contributed by atoms with Crippen LogP contribution in [0, 0.1) is 0 Å². The molecule has 0 aliphatic carbocycles. The largest absolute Gasteiger partial charge is 0.283 e. The number of halogens is 4. The summed E-state index contributed by atoms with van der Waals surface area (Å²) in [7, 11) is 0. The summed E-state index contributed by atoms with van der Waals surface area (Å²) < 4.78 is 26.7. The highest BCUT2D eigenvalue weighted by atomic mass is 79.9. The minimum Gasteiger partial charge on any atom is -0.251 e. The van der Waals surface area contributed by atoms with Gasteiger partial charge in [0.15, 0.2) is 0 Å². The normalized spacial score (nSPS) is 12.6. The monoisotopic (exact) mass is 286 g/mol. The van der Waals surface area contributed by atoms with Crippen LogP contribution in [-0.4, -0.2) is 9.78 Å². The van der Waals surface area contributed by atoms with Crippen molar-refractivity contribution in [3.05, 3.63) is 15.3 Å². The summed E-state index contributed by atoms with van der Waals surface area (Å²) in [6.45, 7) is 5.57. The van der Waals surface area contributed by atoms with Crippen LogP contribution in [0.2, 0.25) is 5.02 Å². The lowest BCUT2D eigenvalue weighted by Gasteiger charge is -2.20. The molecule has 0 fully saturated rings. The fraction of sp³-hybridized carbons (Fsp3) is 0.625. The Bertz CT molecular complexity index is 344. The van der Waals surface area contributed by atoms with Crippen molar-refractivity contribution in [3.63, 3.8) is 0 Å². The average molecular weight is 288 g/mol. The summed E-state index contributed by atoms with van der Waals surface area (Å²) in [5, 5.41) is 3.75. The van der Waals surface area contributed by atoms with E-state index in [1.165, 1.54) is 4.68 Å². The van der Waals surface area contributed by atoms with Gasteiger partial charge in [-0.15, -0.1) is 0 Å². The second kappa shape index (κ2) is 3.77. The van der Waals surface area contributed by atoms with Crippen molar-refractivity contribution in [2.75, 3.05) is 0 Å². The molecule has 6 heteroatoms. The molecular weight excluding hydrogens is 277 g/mol. The molecule has 1 rings (SSSR count). The van der Waals surface area contributed by atoms with Crippen molar-refractivity contribution in [3.8, 4) is 0 Å². The molecule has 0 aromatic carbocycles. The van der Waals surface area contributed by atoms with E-state index in [2.05, 4.69) is 21.0 Å². The maximum atomic E-state index is 12.4. The van der Waals surface area contributed by atoms with E-state index in [0.717, 1.165) is 0 Å². The average Bonchev–Trinajstić information content (AvgIpc) is 2.28. The predicted octanol–water partition coefficient (Wildman–Crippen LogP) is 3.99. The number of aromatic nitrogens is 2. The number of nitrogens with zero attached hydrogens (tertiary/aromatic N) is 2. The molecule has 1 heterocycles. The lowest BCUT2D eigenvalue weighted by molar-refractivity contribution is 0.143. The third-order valence-electron chi connectivity index (χ3n) is 1.64. The van der Waals surface area contributed by atoms with Crippen LogP contribution < -0.4 is 0 Å². The molecule has 1 aromatic heterocycles. The highest BCUT2D eigenvalue weighted by Gasteiger charge is 2.26. The highest BCUT2D eigenvalue weighted by Crippen LogP contribution is 2.35. The third-order valence-corrected chi connectivity index (χ3v) is 2.98. The fourth-order valence-corrected chi connectivity index (χ4v) is 1.99. The van der Waals surface area contributed by atoms with Gasteiger partial charge in [-0.25, -0.2) is 8.78 Å². The Kier molecular flexibility index (Phi) is 3.21. The molecule has 14 heavy (non-hydrogen) atoms. The van der Waals surface area contributed by atoms with Gasteiger partial charge in [0.05, 0.1) is 5.54 Å². The Morgan fingerprint density at radius 2 is 1.93 bits per heavy atom. The maximum absolute atomic E-state index is 12.4. The van der Waals surface area contributed by atoms with Crippen LogP contribution in [0.15, 0.2) is 4.60 Å². The molecule has 0 aliphatic rings. The Balaban J connectivity index is 3.29. The first kappa shape index (κ1) is 11.9. The Morgan fingerprint density at radius 1 is 1.43 bits per heavy atom. The lowest BCUT2D eigenvalue weighted by Crippen LogP contribution is -2.23. The molecule has 0 saturated carbocycles. The van der Waals surface area contributed by atoms with Crippen LogP contribution in [0.4, 0.5) is 8.78 Å². The molecule has 0 unspecified atom stereocenters. The molecule has 0 amide bonds. The van der Waals surface area contributed by atoms with Gasteiger partial charge in [-0.05, 0) is 36.7 Å². The molecule has 0 aliphatic heterocycles. The molecule has 2 nitrogen and oxygen atoms in total. The minimum absolute atomic E-state index is 0.0186. The summed E-state index contributed by atoms with van der Waals surface area (Å²) in [6.07, 6.45) is -2.65. The summed E-state index contributed by atoms with van der Waals surface area (Å²) in [5.41, 5.74) is -0.760. The van der Waals surface area contributed by atoms with Gasteiger partial charge >= 0.3 is 0 Å². The zero-order valence-electron chi connectivity index (χ0n) is 7.98. The van der Waals surface area contributed by atoms with Crippen LogP contribution >= 0.6 is 27.5 Å². The minimum atomic E-state index is -2.65. The van der Waals surface area contributed by atoms with E-state index in [-0.39, 0.29) is 16.3 Å². The molecule has 0 N–H and O–H groups in total. The van der Waals surface area contributed by atoms with E-state index in [0.29, 0.717) is 4.60 Å². The van der Waals surface area contributed by atoms with Gasteiger partial charge in [-0.3, -0.25) is 4.68 Å². The number of hydrogen-bond donors (Lipinski definition) is 0. The SMILES string of the molecule is CC(C)(C)n1nc(C(F)F)c(Cl)c1Br. The van der Waals surface area contributed by atoms with E-state index in [1.807, 2.05) is 20.8 Å². The quantitative estimate of drug-likeness (QED) is 0.763. The van der Waals surface area contributed by atoms with Gasteiger partial charge in [-0.2, -0.15) is 5.10 Å². The van der Waals surface area contributed by atoms with Gasteiger partial charge in [0.25, 0.3) is 6.43 Å². The first-order valence-corrected chi connectivity index (χ1v) is 5.14. The van der Waals surface area contributed by atoms with Crippen LogP contribution in [-0.2, 0) is 5.54 Å². The van der Waals surface area contributed by atoms with Gasteiger partial charge in [-0.1, -0.05) is 11.6 Å². The first-order chi connectivity index (χ1) is 6.25. The van der Waals surface area contributed by atoms with Gasteiger partial charge in [0.1, 0.15) is 15.3 Å². The first-order valence-electron chi connectivity index (χ1n) is 3.97. The summed E-state index contributed by atoms with van der Waals surface area (Å²) in [6, 6.07) is 0. The van der Waals surface area contributed by atoms with Crippen LogP contribution in [0.5, 0.6) is 0 Å². The highest BCUT2D eigenvalue weighted by molar-refractivity contribution is 9.10. The van der Waals surface area contributed by atoms with Crippen LogP contribution in [0.25, 0.3) is 0 Å². The third kappa shape index (κ3) is 2.08. The Labute approximate surface area is 94.4 Å². The standard InChI is InChI=1S/C8H10BrClF2N2/c1-8(2,3)14-6(9)4(10)5(13-14)7(11)12/h7H,1-3H3. The van der Waals surface area contributed by atoms with Gasteiger partial charge in [0.2, 0.25) is 0 Å². The van der Waals surface area contributed by atoms with Crippen molar-refractivity contribution >= 4 is 27.5 Å². The van der Waals surface area contributed by atoms with Gasteiger partial charge < -0.3 is 0 Å². The van der Waals surface area contributed by atoms with Crippen LogP contribution in [0.1, 0.15) is 32.9 Å². The maximum Gasteiger partial charge on any atom is 0.283 e. The molecule has 1 aromatic rings. The van der Waals surface area contributed by atoms with E-state index >= 15 is 0 Å². The zero-order valence-corrected chi connectivity index (χ0v) is 10.3.